The SMILES string of the molecule is Cc1ccccc1C1CCCN1S(=O)(=O)c1ccc(C2CCCCC2)cc1. The third-order valence-corrected chi connectivity index (χ3v) is 8.24. The largest absolute Gasteiger partial charge is 0.243 e. The van der Waals surface area contributed by atoms with Crippen molar-refractivity contribution < 1.29 is 8.42 Å². The van der Waals surface area contributed by atoms with Gasteiger partial charge in [0.25, 0.3) is 0 Å². The summed E-state index contributed by atoms with van der Waals surface area (Å²) in [4.78, 5) is 0.433. The summed E-state index contributed by atoms with van der Waals surface area (Å²) in [6.07, 6.45) is 8.18. The highest BCUT2D eigenvalue weighted by Crippen LogP contribution is 2.38. The minimum atomic E-state index is -3.47. The highest BCUT2D eigenvalue weighted by Gasteiger charge is 2.36. The molecule has 1 unspecified atom stereocenters. The van der Waals surface area contributed by atoms with Crippen LogP contribution in [0.4, 0.5) is 0 Å². The predicted octanol–water partition coefficient (Wildman–Crippen LogP) is 5.57. The number of hydrogen-bond donors (Lipinski definition) is 0. The van der Waals surface area contributed by atoms with Crippen molar-refractivity contribution in [3.8, 4) is 0 Å². The lowest BCUT2D eigenvalue weighted by molar-refractivity contribution is 0.395. The van der Waals surface area contributed by atoms with Crippen LogP contribution in [0.1, 0.15) is 73.6 Å². The van der Waals surface area contributed by atoms with Crippen LogP contribution >= 0.6 is 0 Å². The van der Waals surface area contributed by atoms with Gasteiger partial charge < -0.3 is 0 Å². The molecule has 1 aliphatic carbocycles. The summed E-state index contributed by atoms with van der Waals surface area (Å²) in [5.74, 6) is 0.599. The fraction of sp³-hybridized carbons (Fsp3) is 0.478. The van der Waals surface area contributed by atoms with E-state index in [1.54, 1.807) is 4.31 Å². The molecule has 0 aromatic heterocycles. The minimum absolute atomic E-state index is 0.0470. The lowest BCUT2D eigenvalue weighted by Gasteiger charge is -2.26. The molecule has 0 spiro atoms. The second-order valence-electron chi connectivity index (χ2n) is 8.03. The molecule has 1 atom stereocenters. The van der Waals surface area contributed by atoms with Crippen molar-refractivity contribution >= 4 is 10.0 Å². The number of nitrogens with zero attached hydrogens (tertiary/aromatic N) is 1. The summed E-state index contributed by atoms with van der Waals surface area (Å²) in [6.45, 7) is 2.67. The summed E-state index contributed by atoms with van der Waals surface area (Å²) < 4.78 is 28.4. The van der Waals surface area contributed by atoms with Crippen LogP contribution in [-0.4, -0.2) is 19.3 Å². The van der Waals surface area contributed by atoms with E-state index in [4.69, 9.17) is 0 Å². The van der Waals surface area contributed by atoms with E-state index >= 15 is 0 Å². The van der Waals surface area contributed by atoms with Crippen LogP contribution in [0.2, 0.25) is 0 Å². The maximum Gasteiger partial charge on any atom is 0.243 e. The predicted molar refractivity (Wildman–Crippen MR) is 109 cm³/mol. The average Bonchev–Trinajstić information content (AvgIpc) is 3.20. The fourth-order valence-corrected chi connectivity index (χ4v) is 6.46. The number of benzene rings is 2. The Hall–Kier alpha value is -1.65. The van der Waals surface area contributed by atoms with Crippen LogP contribution in [0, 0.1) is 6.92 Å². The quantitative estimate of drug-likeness (QED) is 0.692. The summed E-state index contributed by atoms with van der Waals surface area (Å²) in [5.41, 5.74) is 3.60. The Morgan fingerprint density at radius 2 is 1.56 bits per heavy atom. The Bertz CT molecular complexity index is 883. The van der Waals surface area contributed by atoms with Crippen LogP contribution in [0.15, 0.2) is 53.4 Å². The zero-order valence-electron chi connectivity index (χ0n) is 16.1. The average molecular weight is 384 g/mol. The van der Waals surface area contributed by atoms with Crippen molar-refractivity contribution in [1.82, 2.24) is 4.31 Å². The Kier molecular flexibility index (Phi) is 5.38. The van der Waals surface area contributed by atoms with E-state index in [0.29, 0.717) is 17.4 Å². The molecule has 144 valence electrons. The summed E-state index contributed by atoms with van der Waals surface area (Å²) in [5, 5.41) is 0. The molecule has 1 saturated carbocycles. The molecular formula is C23H29NO2S. The second-order valence-corrected chi connectivity index (χ2v) is 9.92. The van der Waals surface area contributed by atoms with E-state index in [2.05, 4.69) is 19.1 Å². The molecule has 2 fully saturated rings. The van der Waals surface area contributed by atoms with Gasteiger partial charge in [-0.1, -0.05) is 55.7 Å². The van der Waals surface area contributed by atoms with Crippen LogP contribution in [0.5, 0.6) is 0 Å². The first-order chi connectivity index (χ1) is 13.1. The Morgan fingerprint density at radius 3 is 2.26 bits per heavy atom. The van der Waals surface area contributed by atoms with Crippen LogP contribution in [-0.2, 0) is 10.0 Å². The van der Waals surface area contributed by atoms with Crippen molar-refractivity contribution in [3.63, 3.8) is 0 Å². The molecular weight excluding hydrogens is 354 g/mol. The van der Waals surface area contributed by atoms with Crippen LogP contribution < -0.4 is 0 Å². The number of aryl methyl sites for hydroxylation is 1. The maximum atomic E-state index is 13.3. The fourth-order valence-electron chi connectivity index (χ4n) is 4.78. The van der Waals surface area contributed by atoms with Gasteiger partial charge in [0, 0.05) is 6.54 Å². The molecule has 27 heavy (non-hydrogen) atoms. The summed E-state index contributed by atoms with van der Waals surface area (Å²) in [6, 6.07) is 15.8. The third kappa shape index (κ3) is 3.70. The normalized spacial score (nSPS) is 22.2. The zero-order valence-corrected chi connectivity index (χ0v) is 16.9. The van der Waals surface area contributed by atoms with Gasteiger partial charge >= 0.3 is 0 Å². The van der Waals surface area contributed by atoms with Crippen LogP contribution in [0.25, 0.3) is 0 Å². The molecule has 0 radical (unpaired) electrons. The number of rotatable bonds is 4. The van der Waals surface area contributed by atoms with Gasteiger partial charge in [-0.15, -0.1) is 0 Å². The van der Waals surface area contributed by atoms with Gasteiger partial charge in [0.1, 0.15) is 0 Å². The third-order valence-electron chi connectivity index (χ3n) is 6.31. The number of sulfonamides is 1. The summed E-state index contributed by atoms with van der Waals surface area (Å²) >= 11 is 0. The standard InChI is InChI=1S/C23H29NO2S/c1-18-8-5-6-11-22(18)23-12-7-17-24(23)27(25,26)21-15-13-20(14-16-21)19-9-3-2-4-10-19/h5-6,8,11,13-16,19,23H,2-4,7,9-10,12,17H2,1H3. The molecule has 0 amide bonds. The first-order valence-corrected chi connectivity index (χ1v) is 11.7. The minimum Gasteiger partial charge on any atom is -0.207 e. The zero-order chi connectivity index (χ0) is 18.9. The molecule has 4 rings (SSSR count). The first kappa shape index (κ1) is 18.7. The molecule has 0 N–H and O–H groups in total. The monoisotopic (exact) mass is 383 g/mol. The summed E-state index contributed by atoms with van der Waals surface area (Å²) in [7, 11) is -3.47. The van der Waals surface area contributed by atoms with Crippen molar-refractivity contribution in [2.45, 2.75) is 68.7 Å². The highest BCUT2D eigenvalue weighted by atomic mass is 32.2. The molecule has 1 saturated heterocycles. The molecule has 2 aromatic carbocycles. The Balaban J connectivity index is 1.59. The van der Waals surface area contributed by atoms with Crippen molar-refractivity contribution in [2.24, 2.45) is 0 Å². The Labute approximate surface area is 163 Å². The van der Waals surface area contributed by atoms with E-state index in [0.717, 1.165) is 24.0 Å². The van der Waals surface area contributed by atoms with E-state index in [1.807, 2.05) is 36.4 Å². The molecule has 4 heteroatoms. The maximum absolute atomic E-state index is 13.3. The molecule has 2 aromatic rings. The van der Waals surface area contributed by atoms with Gasteiger partial charge in [0.05, 0.1) is 10.9 Å². The van der Waals surface area contributed by atoms with Crippen molar-refractivity contribution in [3.05, 3.63) is 65.2 Å². The van der Waals surface area contributed by atoms with Gasteiger partial charge in [-0.25, -0.2) is 8.42 Å². The highest BCUT2D eigenvalue weighted by molar-refractivity contribution is 7.89. The molecule has 1 heterocycles. The first-order valence-electron chi connectivity index (χ1n) is 10.2. The van der Waals surface area contributed by atoms with Gasteiger partial charge in [-0.05, 0) is 67.3 Å². The smallest absolute Gasteiger partial charge is 0.207 e. The molecule has 1 aliphatic heterocycles. The topological polar surface area (TPSA) is 37.4 Å². The number of hydrogen-bond acceptors (Lipinski definition) is 2. The van der Waals surface area contributed by atoms with Crippen molar-refractivity contribution in [2.75, 3.05) is 6.54 Å². The van der Waals surface area contributed by atoms with E-state index in [9.17, 15) is 8.42 Å². The Morgan fingerprint density at radius 1 is 0.852 bits per heavy atom. The van der Waals surface area contributed by atoms with Crippen LogP contribution in [0.3, 0.4) is 0 Å². The van der Waals surface area contributed by atoms with E-state index in [1.165, 1.54) is 37.7 Å². The molecule has 0 bridgehead atoms. The molecule has 3 nitrogen and oxygen atoms in total. The van der Waals surface area contributed by atoms with Gasteiger partial charge in [0.2, 0.25) is 10.0 Å². The van der Waals surface area contributed by atoms with Gasteiger partial charge in [-0.3, -0.25) is 0 Å². The lowest BCUT2D eigenvalue weighted by Crippen LogP contribution is -2.31. The van der Waals surface area contributed by atoms with E-state index < -0.39 is 10.0 Å². The van der Waals surface area contributed by atoms with Gasteiger partial charge in [0.15, 0.2) is 0 Å². The second kappa shape index (κ2) is 7.76. The molecule has 2 aliphatic rings. The van der Waals surface area contributed by atoms with Crippen molar-refractivity contribution in [1.29, 1.82) is 0 Å². The van der Waals surface area contributed by atoms with E-state index in [-0.39, 0.29) is 6.04 Å². The van der Waals surface area contributed by atoms with Gasteiger partial charge in [-0.2, -0.15) is 4.31 Å². The lowest BCUT2D eigenvalue weighted by atomic mass is 9.84.